The molecule has 10 heteroatoms. The first kappa shape index (κ1) is 25.4. The van der Waals surface area contributed by atoms with E-state index in [1.165, 1.54) is 14.2 Å². The molecule has 4 rings (SSSR count). The summed E-state index contributed by atoms with van der Waals surface area (Å²) in [4.78, 5) is 25.6. The van der Waals surface area contributed by atoms with Gasteiger partial charge in [0.1, 0.15) is 17.9 Å². The van der Waals surface area contributed by atoms with Crippen LogP contribution >= 0.6 is 39.1 Å². The second-order valence-corrected chi connectivity index (χ2v) is 9.66. The summed E-state index contributed by atoms with van der Waals surface area (Å²) in [6.45, 7) is 0.205. The van der Waals surface area contributed by atoms with Crippen LogP contribution in [0.5, 0.6) is 11.5 Å². The molecule has 1 aliphatic carbocycles. The molecule has 0 amide bonds. The van der Waals surface area contributed by atoms with Crippen LogP contribution in [0, 0.1) is 0 Å². The minimum absolute atomic E-state index is 0.0694. The predicted molar refractivity (Wildman–Crippen MR) is 134 cm³/mol. The minimum atomic E-state index is -0.770. The molecule has 2 N–H and O–H groups in total. The second-order valence-electron chi connectivity index (χ2n) is 7.99. The third-order valence-corrected chi connectivity index (χ3v) is 7.17. The summed E-state index contributed by atoms with van der Waals surface area (Å²) >= 11 is 15.6. The van der Waals surface area contributed by atoms with Gasteiger partial charge in [0, 0.05) is 18.4 Å². The van der Waals surface area contributed by atoms with Crippen LogP contribution in [-0.4, -0.2) is 26.0 Å². The quantitative estimate of drug-likeness (QED) is 0.429. The van der Waals surface area contributed by atoms with Crippen LogP contribution in [0.25, 0.3) is 0 Å². The average Bonchev–Trinajstić information content (AvgIpc) is 2.83. The van der Waals surface area contributed by atoms with Gasteiger partial charge in [-0.15, -0.1) is 0 Å². The number of allylic oxidation sites excluding steroid dienone is 2. The van der Waals surface area contributed by atoms with Crippen molar-refractivity contribution in [3.8, 4) is 11.5 Å². The van der Waals surface area contributed by atoms with Crippen LogP contribution in [0.4, 0.5) is 0 Å². The van der Waals surface area contributed by atoms with Gasteiger partial charge in [-0.2, -0.15) is 0 Å². The topological polar surface area (TPSA) is 97.1 Å². The molecule has 0 fully saturated rings. The van der Waals surface area contributed by atoms with E-state index in [9.17, 15) is 9.59 Å². The first-order valence-electron chi connectivity index (χ1n) is 10.7. The number of halogens is 3. The van der Waals surface area contributed by atoms with Gasteiger partial charge in [0.2, 0.25) is 5.88 Å². The first-order valence-corrected chi connectivity index (χ1v) is 12.3. The lowest BCUT2D eigenvalue weighted by Gasteiger charge is -2.32. The van der Waals surface area contributed by atoms with Crippen LogP contribution in [-0.2, 0) is 25.7 Å². The Morgan fingerprint density at radius 1 is 1.17 bits per heavy atom. The summed E-state index contributed by atoms with van der Waals surface area (Å²) in [5.74, 6) is -0.304. The number of carbonyl (C=O) groups is 2. The van der Waals surface area contributed by atoms with Crippen LogP contribution in [0.2, 0.25) is 10.0 Å². The summed E-state index contributed by atoms with van der Waals surface area (Å²) in [5.41, 5.74) is 8.02. The van der Waals surface area contributed by atoms with Crippen molar-refractivity contribution in [3.63, 3.8) is 0 Å². The number of ether oxygens (including phenoxy) is 4. The lowest BCUT2D eigenvalue weighted by molar-refractivity contribution is -0.136. The highest BCUT2D eigenvalue weighted by molar-refractivity contribution is 9.10. The fourth-order valence-corrected chi connectivity index (χ4v) is 5.12. The van der Waals surface area contributed by atoms with E-state index < -0.39 is 11.9 Å². The number of esters is 1. The van der Waals surface area contributed by atoms with Crippen molar-refractivity contribution in [2.75, 3.05) is 14.2 Å². The zero-order valence-corrected chi connectivity index (χ0v) is 22.1. The van der Waals surface area contributed by atoms with E-state index >= 15 is 0 Å². The van der Waals surface area contributed by atoms with Gasteiger partial charge in [-0.1, -0.05) is 29.3 Å². The van der Waals surface area contributed by atoms with Crippen molar-refractivity contribution in [1.82, 2.24) is 0 Å². The van der Waals surface area contributed by atoms with Crippen LogP contribution in [0.3, 0.4) is 0 Å². The number of hydrogen-bond acceptors (Lipinski definition) is 7. The third kappa shape index (κ3) is 5.01. The van der Waals surface area contributed by atoms with E-state index in [0.29, 0.717) is 62.2 Å². The normalized spacial score (nSPS) is 17.6. The molecule has 7 nitrogen and oxygen atoms in total. The minimum Gasteiger partial charge on any atom is -0.493 e. The molecule has 2 aliphatic rings. The Morgan fingerprint density at radius 3 is 2.63 bits per heavy atom. The monoisotopic (exact) mass is 581 g/mol. The van der Waals surface area contributed by atoms with Crippen molar-refractivity contribution in [3.05, 3.63) is 78.8 Å². The van der Waals surface area contributed by atoms with Gasteiger partial charge in [0.05, 0.1) is 34.7 Å². The first-order chi connectivity index (χ1) is 16.7. The Labute approximate surface area is 220 Å². The van der Waals surface area contributed by atoms with Gasteiger partial charge >= 0.3 is 5.97 Å². The van der Waals surface area contributed by atoms with Crippen molar-refractivity contribution < 1.29 is 28.5 Å². The highest BCUT2D eigenvalue weighted by Gasteiger charge is 2.41. The lowest BCUT2D eigenvalue weighted by atomic mass is 9.77. The van der Waals surface area contributed by atoms with Crippen molar-refractivity contribution in [2.24, 2.45) is 5.73 Å². The number of ketones is 1. The summed E-state index contributed by atoms with van der Waals surface area (Å²) in [6.07, 6.45) is 1.56. The number of hydrogen-bond donors (Lipinski definition) is 1. The Balaban J connectivity index is 1.76. The van der Waals surface area contributed by atoms with Gasteiger partial charge in [-0.25, -0.2) is 4.79 Å². The van der Waals surface area contributed by atoms with E-state index in [-0.39, 0.29) is 23.8 Å². The lowest BCUT2D eigenvalue weighted by Crippen LogP contribution is -2.31. The maximum atomic E-state index is 13.0. The van der Waals surface area contributed by atoms with Crippen LogP contribution in [0.15, 0.2) is 57.6 Å². The molecule has 1 heterocycles. The Kier molecular flexibility index (Phi) is 7.64. The molecular weight excluding hydrogens is 561 g/mol. The summed E-state index contributed by atoms with van der Waals surface area (Å²) in [5, 5.41) is 0.879. The van der Waals surface area contributed by atoms with Crippen LogP contribution in [0.1, 0.15) is 36.3 Å². The fraction of sp³-hybridized carbons (Fsp3) is 0.280. The Morgan fingerprint density at radius 2 is 1.94 bits per heavy atom. The Hall–Kier alpha value is -2.68. The highest BCUT2D eigenvalue weighted by Crippen LogP contribution is 2.47. The number of nitrogens with two attached hydrogens (primary N) is 1. The molecule has 0 saturated carbocycles. The molecule has 35 heavy (non-hydrogen) atoms. The molecule has 184 valence electrons. The zero-order valence-electron chi connectivity index (χ0n) is 19.0. The van der Waals surface area contributed by atoms with E-state index in [4.69, 9.17) is 47.9 Å². The zero-order chi connectivity index (χ0) is 25.3. The SMILES string of the molecule is COC(=O)C1=C(N)OC2=C(C(=O)CCC2)[C@H]1c1cc(Br)c(OCc2ccc(Cl)c(Cl)c2)c(OC)c1. The average molecular weight is 583 g/mol. The molecule has 0 bridgehead atoms. The number of methoxy groups -OCH3 is 2. The number of Topliss-reactive ketones (excluding diaryl/α,β-unsaturated/α-hetero) is 1. The smallest absolute Gasteiger partial charge is 0.340 e. The van der Waals surface area contributed by atoms with E-state index in [1.807, 2.05) is 6.07 Å². The van der Waals surface area contributed by atoms with Crippen molar-refractivity contribution in [1.29, 1.82) is 0 Å². The largest absolute Gasteiger partial charge is 0.493 e. The molecule has 2 aromatic rings. The molecule has 0 radical (unpaired) electrons. The van der Waals surface area contributed by atoms with Gasteiger partial charge in [0.25, 0.3) is 0 Å². The molecule has 0 spiro atoms. The van der Waals surface area contributed by atoms with Crippen molar-refractivity contribution in [2.45, 2.75) is 31.8 Å². The molecule has 1 aliphatic heterocycles. The number of benzene rings is 2. The molecule has 0 unspecified atom stereocenters. The molecular formula is C25H22BrCl2NO6. The maximum Gasteiger partial charge on any atom is 0.340 e. The second kappa shape index (κ2) is 10.5. The van der Waals surface area contributed by atoms with Gasteiger partial charge in [-0.3, -0.25) is 4.79 Å². The number of carbonyl (C=O) groups excluding carboxylic acids is 2. The maximum absolute atomic E-state index is 13.0. The highest BCUT2D eigenvalue weighted by atomic mass is 79.9. The summed E-state index contributed by atoms with van der Waals surface area (Å²) in [7, 11) is 2.76. The third-order valence-electron chi connectivity index (χ3n) is 5.84. The van der Waals surface area contributed by atoms with E-state index in [0.717, 1.165) is 5.56 Å². The van der Waals surface area contributed by atoms with Crippen molar-refractivity contribution >= 4 is 50.9 Å². The van der Waals surface area contributed by atoms with Crippen LogP contribution < -0.4 is 15.2 Å². The number of rotatable bonds is 6. The van der Waals surface area contributed by atoms with Gasteiger partial charge < -0.3 is 24.7 Å². The predicted octanol–water partition coefficient (Wildman–Crippen LogP) is 5.81. The summed E-state index contributed by atoms with van der Waals surface area (Å²) in [6, 6.07) is 8.71. The molecule has 1 atom stereocenters. The van der Waals surface area contributed by atoms with E-state index in [2.05, 4.69) is 15.9 Å². The standard InChI is InChI=1S/C25H22BrCl2NO6/c1-32-19-10-13(9-14(26)23(19)34-11-12-6-7-15(27)16(28)8-12)20-21-17(30)4-3-5-18(21)35-24(29)22(20)25(31)33-2/h6-10,20H,3-5,11,29H2,1-2H3/t20-/m1/s1. The molecule has 0 saturated heterocycles. The molecule has 2 aromatic carbocycles. The fourth-order valence-electron chi connectivity index (χ4n) is 4.23. The Bertz CT molecular complexity index is 1270. The van der Waals surface area contributed by atoms with Gasteiger partial charge in [-0.05, 0) is 57.7 Å². The summed E-state index contributed by atoms with van der Waals surface area (Å²) < 4.78 is 22.8. The van der Waals surface area contributed by atoms with Gasteiger partial charge in [0.15, 0.2) is 17.3 Å². The van der Waals surface area contributed by atoms with E-state index in [1.54, 1.807) is 24.3 Å². The molecule has 0 aromatic heterocycles.